The largest absolute Gasteiger partial charge is 0.598 e. The summed E-state index contributed by atoms with van der Waals surface area (Å²) >= 11 is -1.33. The summed E-state index contributed by atoms with van der Waals surface area (Å²) in [7, 11) is 3.41. The molecular formula is C29H32N4O3S. The van der Waals surface area contributed by atoms with Gasteiger partial charge in [0.2, 0.25) is 5.91 Å². The number of benzene rings is 2. The zero-order chi connectivity index (χ0) is 26.6. The fourth-order valence-corrected chi connectivity index (χ4v) is 4.66. The highest BCUT2D eigenvalue weighted by Crippen LogP contribution is 2.35. The van der Waals surface area contributed by atoms with E-state index in [-0.39, 0.29) is 11.9 Å². The van der Waals surface area contributed by atoms with Crippen LogP contribution in [0, 0.1) is 0 Å². The number of fused-ring (bicyclic) bond motifs is 1. The van der Waals surface area contributed by atoms with Crippen LogP contribution in [0.2, 0.25) is 0 Å². The van der Waals surface area contributed by atoms with Crippen molar-refractivity contribution in [3.05, 3.63) is 89.8 Å². The van der Waals surface area contributed by atoms with E-state index in [2.05, 4.69) is 9.88 Å². The number of para-hydroxylation sites is 1. The molecule has 0 bridgehead atoms. The van der Waals surface area contributed by atoms with Gasteiger partial charge in [0.05, 0.1) is 11.7 Å². The van der Waals surface area contributed by atoms with Crippen molar-refractivity contribution >= 4 is 34.3 Å². The fourth-order valence-electron chi connectivity index (χ4n) is 3.84. The molecule has 0 saturated heterocycles. The summed E-state index contributed by atoms with van der Waals surface area (Å²) in [6.45, 7) is 5.82. The Kier molecular flexibility index (Phi) is 8.12. The van der Waals surface area contributed by atoms with Crippen LogP contribution >= 0.6 is 0 Å². The molecule has 4 rings (SSSR count). The van der Waals surface area contributed by atoms with Gasteiger partial charge in [0, 0.05) is 54.6 Å². The average Bonchev–Trinajstić information content (AvgIpc) is 3.30. The molecule has 7 nitrogen and oxygen atoms in total. The maximum atomic E-state index is 13.2. The van der Waals surface area contributed by atoms with Crippen LogP contribution in [0.3, 0.4) is 0 Å². The van der Waals surface area contributed by atoms with Gasteiger partial charge in [-0.1, -0.05) is 47.6 Å². The highest BCUT2D eigenvalue weighted by Gasteiger charge is 2.31. The van der Waals surface area contributed by atoms with Gasteiger partial charge in [0.1, 0.15) is 10.4 Å². The van der Waals surface area contributed by atoms with Crippen molar-refractivity contribution in [2.75, 3.05) is 14.1 Å². The molecule has 37 heavy (non-hydrogen) atoms. The molecule has 0 fully saturated rings. The van der Waals surface area contributed by atoms with E-state index in [1.807, 2.05) is 87.5 Å². The van der Waals surface area contributed by atoms with Gasteiger partial charge in [-0.15, -0.1) is 4.72 Å². The van der Waals surface area contributed by atoms with E-state index in [0.29, 0.717) is 17.7 Å². The Morgan fingerprint density at radius 2 is 1.81 bits per heavy atom. The van der Waals surface area contributed by atoms with Crippen LogP contribution in [0.4, 0.5) is 0 Å². The lowest BCUT2D eigenvalue weighted by atomic mass is 9.94. The third kappa shape index (κ3) is 6.46. The predicted molar refractivity (Wildman–Crippen MR) is 149 cm³/mol. The number of nitrogens with zero attached hydrogens (tertiary/aromatic N) is 3. The van der Waals surface area contributed by atoms with E-state index in [1.54, 1.807) is 20.2 Å². The Bertz CT molecular complexity index is 1410. The molecule has 8 heteroatoms. The van der Waals surface area contributed by atoms with E-state index in [1.165, 1.54) is 11.0 Å². The van der Waals surface area contributed by atoms with Crippen LogP contribution in [0.25, 0.3) is 28.3 Å². The maximum absolute atomic E-state index is 13.2. The third-order valence-corrected chi connectivity index (χ3v) is 7.46. The number of carbonyl (C=O) groups is 1. The first-order chi connectivity index (χ1) is 17.6. The van der Waals surface area contributed by atoms with Gasteiger partial charge < -0.3 is 14.0 Å². The maximum Gasteiger partial charge on any atom is 0.246 e. The monoisotopic (exact) mass is 516 g/mol. The number of likely N-dealkylation sites (N-methyl/N-ethyl adjacent to an activating group) is 1. The summed E-state index contributed by atoms with van der Waals surface area (Å²) in [6, 6.07) is 21.1. The number of aromatic nitrogens is 2. The second-order valence-electron chi connectivity index (χ2n) is 9.99. The minimum Gasteiger partial charge on any atom is -0.598 e. The van der Waals surface area contributed by atoms with Gasteiger partial charge in [-0.25, -0.2) is 0 Å². The van der Waals surface area contributed by atoms with Crippen molar-refractivity contribution in [2.45, 2.75) is 38.0 Å². The van der Waals surface area contributed by atoms with Crippen LogP contribution in [0.1, 0.15) is 43.8 Å². The van der Waals surface area contributed by atoms with E-state index >= 15 is 0 Å². The normalized spacial score (nSPS) is 13.7. The predicted octanol–water partition coefficient (Wildman–Crippen LogP) is 5.33. The highest BCUT2D eigenvalue weighted by atomic mass is 32.2. The smallest absolute Gasteiger partial charge is 0.246 e. The number of carbonyl (C=O) groups excluding carboxylic acids is 1. The van der Waals surface area contributed by atoms with Crippen LogP contribution in [-0.2, 0) is 22.6 Å². The first-order valence-corrected chi connectivity index (χ1v) is 13.3. The van der Waals surface area contributed by atoms with Crippen molar-refractivity contribution in [1.29, 1.82) is 0 Å². The standard InChI is InChI=1S/C29H32N4O3S/c1-29(2,3)37(35)32-25(19-21-12-10-11-20(30-21)17-18-27(34)33(4)5)22-13-6-7-14-23(22)28-24-15-8-9-16-26(24)36-31-28/h6-18,25,32H,19H2,1-5H3/b18-17+/t25-,37?/m0/s1. The number of hydrogen-bond acceptors (Lipinski definition) is 6. The molecule has 2 aromatic carbocycles. The Balaban J connectivity index is 1.73. The summed E-state index contributed by atoms with van der Waals surface area (Å²) in [6.07, 6.45) is 3.69. The Hall–Kier alpha value is -3.46. The second-order valence-corrected chi connectivity index (χ2v) is 12.0. The molecule has 0 spiro atoms. The topological polar surface area (TPSA) is 94.3 Å². The second kappa shape index (κ2) is 11.3. The van der Waals surface area contributed by atoms with E-state index in [4.69, 9.17) is 9.51 Å². The molecule has 2 heterocycles. The molecule has 1 amide bonds. The molecule has 0 aliphatic heterocycles. The van der Waals surface area contributed by atoms with Crippen molar-refractivity contribution < 1.29 is 13.9 Å². The molecule has 0 aliphatic carbocycles. The minimum absolute atomic E-state index is 0.110. The lowest BCUT2D eigenvalue weighted by Gasteiger charge is -2.29. The molecule has 1 unspecified atom stereocenters. The third-order valence-electron chi connectivity index (χ3n) is 5.85. The molecule has 2 atom stereocenters. The molecule has 0 saturated carbocycles. The van der Waals surface area contributed by atoms with Gasteiger partial charge in [0.15, 0.2) is 5.58 Å². The average molecular weight is 517 g/mol. The molecule has 4 aromatic rings. The van der Waals surface area contributed by atoms with Crippen molar-refractivity contribution in [1.82, 2.24) is 19.8 Å². The van der Waals surface area contributed by atoms with Crippen molar-refractivity contribution in [3.63, 3.8) is 0 Å². The van der Waals surface area contributed by atoms with Gasteiger partial charge in [0.25, 0.3) is 0 Å². The van der Waals surface area contributed by atoms with E-state index in [9.17, 15) is 9.35 Å². The summed E-state index contributed by atoms with van der Waals surface area (Å²) in [5, 5.41) is 5.29. The Morgan fingerprint density at radius 3 is 2.57 bits per heavy atom. The fraction of sp³-hybridized carbons (Fsp3) is 0.276. The number of pyridine rings is 1. The van der Waals surface area contributed by atoms with Crippen LogP contribution < -0.4 is 4.72 Å². The number of nitrogens with one attached hydrogen (secondary N) is 1. The van der Waals surface area contributed by atoms with Gasteiger partial charge in [-0.3, -0.25) is 9.78 Å². The van der Waals surface area contributed by atoms with E-state index in [0.717, 1.165) is 27.9 Å². The molecular weight excluding hydrogens is 484 g/mol. The molecule has 1 N–H and O–H groups in total. The lowest BCUT2D eigenvalue weighted by Crippen LogP contribution is -2.42. The zero-order valence-corrected chi connectivity index (χ0v) is 22.6. The molecule has 2 aromatic heterocycles. The minimum atomic E-state index is -1.33. The summed E-state index contributed by atoms with van der Waals surface area (Å²) < 4.78 is 21.7. The van der Waals surface area contributed by atoms with E-state index < -0.39 is 16.1 Å². The first-order valence-electron chi connectivity index (χ1n) is 12.1. The van der Waals surface area contributed by atoms with Crippen LogP contribution in [0.15, 0.2) is 77.3 Å². The van der Waals surface area contributed by atoms with Crippen molar-refractivity contribution in [2.24, 2.45) is 0 Å². The first kappa shape index (κ1) is 26.6. The quantitative estimate of drug-likeness (QED) is 0.251. The molecule has 192 valence electrons. The SMILES string of the molecule is CN(C)C(=O)/C=C/c1cccc(C[C@H](N[S+]([O-])C(C)(C)C)c2ccccc2-c2noc3ccccc23)n1. The summed E-state index contributed by atoms with van der Waals surface area (Å²) in [4.78, 5) is 18.2. The number of amides is 1. The van der Waals surface area contributed by atoms with Gasteiger partial charge in [-0.2, -0.15) is 0 Å². The molecule has 0 aliphatic rings. The Morgan fingerprint density at radius 1 is 1.08 bits per heavy atom. The van der Waals surface area contributed by atoms with Gasteiger partial charge in [-0.05, 0) is 56.7 Å². The Labute approximate surface area is 220 Å². The highest BCUT2D eigenvalue weighted by molar-refractivity contribution is 7.90. The number of hydrogen-bond donors (Lipinski definition) is 1. The zero-order valence-electron chi connectivity index (χ0n) is 21.8. The van der Waals surface area contributed by atoms with Crippen molar-refractivity contribution in [3.8, 4) is 11.3 Å². The lowest BCUT2D eigenvalue weighted by molar-refractivity contribution is -0.123. The van der Waals surface area contributed by atoms with Crippen LogP contribution in [0.5, 0.6) is 0 Å². The summed E-state index contributed by atoms with van der Waals surface area (Å²) in [5.41, 5.74) is 4.80. The summed E-state index contributed by atoms with van der Waals surface area (Å²) in [5.74, 6) is -0.110. The molecule has 0 radical (unpaired) electrons. The van der Waals surface area contributed by atoms with Gasteiger partial charge >= 0.3 is 0 Å². The van der Waals surface area contributed by atoms with Crippen LogP contribution in [-0.4, -0.2) is 44.3 Å². The number of rotatable bonds is 8.